The molecule has 1 aliphatic heterocycles. The van der Waals surface area contributed by atoms with Crippen molar-refractivity contribution in [3.05, 3.63) is 24.3 Å². The molecule has 0 saturated carbocycles. The highest BCUT2D eigenvalue weighted by atomic mass is 32.2. The summed E-state index contributed by atoms with van der Waals surface area (Å²) in [5.41, 5.74) is 6.03. The molecule has 0 bridgehead atoms. The van der Waals surface area contributed by atoms with E-state index in [1.165, 1.54) is 0 Å². The Morgan fingerprint density at radius 1 is 1.33 bits per heavy atom. The smallest absolute Gasteiger partial charge is 0.180 e. The topological polar surface area (TPSA) is 69.4 Å². The average Bonchev–Trinajstić information content (AvgIpc) is 2.82. The van der Waals surface area contributed by atoms with E-state index in [1.807, 2.05) is 0 Å². The summed E-state index contributed by atoms with van der Waals surface area (Å²) in [4.78, 5) is 0.248. The Kier molecular flexibility index (Phi) is 4.24. The number of hydrogen-bond acceptors (Lipinski definition) is 4. The van der Waals surface area contributed by atoms with Crippen LogP contribution < -0.4 is 5.73 Å². The van der Waals surface area contributed by atoms with Crippen molar-refractivity contribution in [1.82, 2.24) is 0 Å². The van der Waals surface area contributed by atoms with Gasteiger partial charge in [-0.2, -0.15) is 0 Å². The highest BCUT2D eigenvalue weighted by Crippen LogP contribution is 2.22. The van der Waals surface area contributed by atoms with Crippen LogP contribution in [0.1, 0.15) is 25.7 Å². The summed E-state index contributed by atoms with van der Waals surface area (Å²) >= 11 is 0. The molecule has 1 heterocycles. The van der Waals surface area contributed by atoms with Gasteiger partial charge in [-0.3, -0.25) is 0 Å². The van der Waals surface area contributed by atoms with Gasteiger partial charge in [0.1, 0.15) is 0 Å². The van der Waals surface area contributed by atoms with Crippen molar-refractivity contribution >= 4 is 15.5 Å². The van der Waals surface area contributed by atoms with Gasteiger partial charge in [0, 0.05) is 6.61 Å². The van der Waals surface area contributed by atoms with E-state index >= 15 is 0 Å². The summed E-state index contributed by atoms with van der Waals surface area (Å²) in [6.45, 7) is 0.809. The van der Waals surface area contributed by atoms with Crippen molar-refractivity contribution in [2.24, 2.45) is 0 Å². The number of sulfone groups is 1. The summed E-state index contributed by atoms with van der Waals surface area (Å²) in [6, 6.07) is 6.62. The lowest BCUT2D eigenvalue weighted by molar-refractivity contribution is 0.104. The molecule has 1 saturated heterocycles. The fraction of sp³-hybridized carbons (Fsp3) is 0.538. The molecule has 1 unspecified atom stereocenters. The molecule has 18 heavy (non-hydrogen) atoms. The average molecular weight is 269 g/mol. The maximum atomic E-state index is 12.1. The van der Waals surface area contributed by atoms with E-state index in [-0.39, 0.29) is 16.8 Å². The Balaban J connectivity index is 1.93. The number of benzene rings is 1. The van der Waals surface area contributed by atoms with Crippen LogP contribution in [0, 0.1) is 0 Å². The molecule has 0 radical (unpaired) electrons. The summed E-state index contributed by atoms with van der Waals surface area (Å²) < 4.78 is 29.7. The van der Waals surface area contributed by atoms with Crippen LogP contribution in [0.15, 0.2) is 29.2 Å². The third kappa shape index (κ3) is 3.23. The van der Waals surface area contributed by atoms with Crippen molar-refractivity contribution in [3.8, 4) is 0 Å². The molecule has 0 aliphatic carbocycles. The zero-order chi connectivity index (χ0) is 13.0. The molecule has 1 fully saturated rings. The second kappa shape index (κ2) is 5.71. The van der Waals surface area contributed by atoms with E-state index in [9.17, 15) is 8.42 Å². The first-order chi connectivity index (χ1) is 8.59. The van der Waals surface area contributed by atoms with E-state index in [1.54, 1.807) is 24.3 Å². The fourth-order valence-corrected chi connectivity index (χ4v) is 3.73. The van der Waals surface area contributed by atoms with E-state index in [2.05, 4.69) is 0 Å². The number of anilines is 1. The lowest BCUT2D eigenvalue weighted by Gasteiger charge is -2.10. The fourth-order valence-electron chi connectivity index (χ4n) is 2.25. The molecule has 1 aromatic carbocycles. The Morgan fingerprint density at radius 3 is 2.78 bits per heavy atom. The summed E-state index contributed by atoms with van der Waals surface area (Å²) in [7, 11) is -3.26. The van der Waals surface area contributed by atoms with Crippen LogP contribution in [0.25, 0.3) is 0 Å². The predicted molar refractivity (Wildman–Crippen MR) is 71.1 cm³/mol. The lowest BCUT2D eigenvalue weighted by atomic mass is 10.1. The first kappa shape index (κ1) is 13.4. The SMILES string of the molecule is Nc1ccccc1S(=O)(=O)CCCC1CCCO1. The quantitative estimate of drug-likeness (QED) is 0.830. The molecule has 1 aliphatic rings. The van der Waals surface area contributed by atoms with Crippen LogP contribution >= 0.6 is 0 Å². The summed E-state index contributed by atoms with van der Waals surface area (Å²) in [5, 5.41) is 0. The van der Waals surface area contributed by atoms with Gasteiger partial charge in [-0.25, -0.2) is 8.42 Å². The lowest BCUT2D eigenvalue weighted by Crippen LogP contribution is -2.12. The number of rotatable bonds is 5. The Bertz CT molecular complexity index is 493. The van der Waals surface area contributed by atoms with Crippen molar-refractivity contribution in [3.63, 3.8) is 0 Å². The summed E-state index contributed by atoms with van der Waals surface area (Å²) in [6.07, 6.45) is 3.82. The van der Waals surface area contributed by atoms with Crippen molar-refractivity contribution in [1.29, 1.82) is 0 Å². The van der Waals surface area contributed by atoms with E-state index < -0.39 is 9.84 Å². The molecule has 0 amide bonds. The van der Waals surface area contributed by atoms with Crippen molar-refractivity contribution in [2.45, 2.75) is 36.7 Å². The number of nitrogens with two attached hydrogens (primary N) is 1. The number of hydrogen-bond donors (Lipinski definition) is 1. The molecule has 100 valence electrons. The van der Waals surface area contributed by atoms with Crippen LogP contribution in [0.2, 0.25) is 0 Å². The monoisotopic (exact) mass is 269 g/mol. The molecule has 4 nitrogen and oxygen atoms in total. The number of ether oxygens (including phenoxy) is 1. The van der Waals surface area contributed by atoms with Gasteiger partial charge in [0.2, 0.25) is 0 Å². The molecule has 2 N–H and O–H groups in total. The van der Waals surface area contributed by atoms with Crippen LogP contribution in [-0.2, 0) is 14.6 Å². The summed E-state index contributed by atoms with van der Waals surface area (Å²) in [5.74, 6) is 0.140. The maximum Gasteiger partial charge on any atom is 0.180 e. The van der Waals surface area contributed by atoms with Gasteiger partial charge in [0.05, 0.1) is 22.4 Å². The predicted octanol–water partition coefficient (Wildman–Crippen LogP) is 2.00. The van der Waals surface area contributed by atoms with E-state index in [0.29, 0.717) is 12.1 Å². The number of para-hydroxylation sites is 1. The standard InChI is InChI=1S/C13H19NO3S/c14-12-7-1-2-8-13(12)18(15,16)10-4-6-11-5-3-9-17-11/h1-2,7-8,11H,3-6,9-10,14H2. The van der Waals surface area contributed by atoms with Crippen LogP contribution in [0.4, 0.5) is 5.69 Å². The minimum Gasteiger partial charge on any atom is -0.398 e. The van der Waals surface area contributed by atoms with Gasteiger partial charge in [0.25, 0.3) is 0 Å². The van der Waals surface area contributed by atoms with E-state index in [0.717, 1.165) is 25.9 Å². The Labute approximate surface area is 108 Å². The van der Waals surface area contributed by atoms with Crippen molar-refractivity contribution in [2.75, 3.05) is 18.1 Å². The molecular weight excluding hydrogens is 250 g/mol. The van der Waals surface area contributed by atoms with Gasteiger partial charge < -0.3 is 10.5 Å². The van der Waals surface area contributed by atoms with Crippen molar-refractivity contribution < 1.29 is 13.2 Å². The third-order valence-corrected chi connectivity index (χ3v) is 5.09. The Hall–Kier alpha value is -1.07. The van der Waals surface area contributed by atoms with E-state index in [4.69, 9.17) is 10.5 Å². The van der Waals surface area contributed by atoms with Gasteiger partial charge in [0.15, 0.2) is 9.84 Å². The minimum absolute atomic E-state index is 0.140. The molecule has 0 spiro atoms. The molecule has 0 aromatic heterocycles. The first-order valence-electron chi connectivity index (χ1n) is 6.28. The maximum absolute atomic E-state index is 12.1. The van der Waals surface area contributed by atoms with Crippen LogP contribution in [0.5, 0.6) is 0 Å². The molecule has 1 atom stereocenters. The highest BCUT2D eigenvalue weighted by Gasteiger charge is 2.19. The van der Waals surface area contributed by atoms with Crippen LogP contribution in [-0.4, -0.2) is 26.9 Å². The molecule has 2 rings (SSSR count). The first-order valence-corrected chi connectivity index (χ1v) is 7.94. The number of nitrogen functional groups attached to an aromatic ring is 1. The molecule has 1 aromatic rings. The zero-order valence-electron chi connectivity index (χ0n) is 10.3. The second-order valence-corrected chi connectivity index (χ2v) is 6.71. The van der Waals surface area contributed by atoms with Crippen LogP contribution in [0.3, 0.4) is 0 Å². The highest BCUT2D eigenvalue weighted by molar-refractivity contribution is 7.91. The normalized spacial score (nSPS) is 20.1. The minimum atomic E-state index is -3.26. The molecule has 5 heteroatoms. The van der Waals surface area contributed by atoms with Gasteiger partial charge in [-0.05, 0) is 37.8 Å². The second-order valence-electron chi connectivity index (χ2n) is 4.63. The largest absolute Gasteiger partial charge is 0.398 e. The van der Waals surface area contributed by atoms with Gasteiger partial charge in [-0.1, -0.05) is 12.1 Å². The van der Waals surface area contributed by atoms with Gasteiger partial charge >= 0.3 is 0 Å². The Morgan fingerprint density at radius 2 is 2.11 bits per heavy atom. The zero-order valence-corrected chi connectivity index (χ0v) is 11.2. The van der Waals surface area contributed by atoms with Gasteiger partial charge in [-0.15, -0.1) is 0 Å². The molecular formula is C13H19NO3S. The third-order valence-electron chi connectivity index (χ3n) is 3.22.